The van der Waals surface area contributed by atoms with Crippen LogP contribution in [-0.4, -0.2) is 26.9 Å². The summed E-state index contributed by atoms with van der Waals surface area (Å²) in [5, 5.41) is 7.87. The second-order valence-electron chi connectivity index (χ2n) is 7.62. The van der Waals surface area contributed by atoms with Crippen LogP contribution < -0.4 is 15.6 Å². The largest absolute Gasteiger partial charge is 0.497 e. The summed E-state index contributed by atoms with van der Waals surface area (Å²) in [5.74, 6) is 1.47. The Morgan fingerprint density at radius 3 is 2.41 bits per heavy atom. The van der Waals surface area contributed by atoms with Crippen LogP contribution in [0.5, 0.6) is 5.75 Å². The lowest BCUT2D eigenvalue weighted by molar-refractivity contribution is 0.414. The van der Waals surface area contributed by atoms with Gasteiger partial charge in [-0.25, -0.2) is 14.6 Å². The summed E-state index contributed by atoms with van der Waals surface area (Å²) in [6.07, 6.45) is 1.69. The molecule has 0 amide bonds. The van der Waals surface area contributed by atoms with Crippen molar-refractivity contribution >= 4 is 5.82 Å². The highest BCUT2D eigenvalue weighted by Gasteiger charge is 2.15. The third kappa shape index (κ3) is 4.67. The van der Waals surface area contributed by atoms with Crippen LogP contribution in [0.25, 0.3) is 22.6 Å². The third-order valence-corrected chi connectivity index (χ3v) is 5.01. The van der Waals surface area contributed by atoms with Gasteiger partial charge in [-0.3, -0.25) is 4.79 Å². The Morgan fingerprint density at radius 1 is 0.969 bits per heavy atom. The lowest BCUT2D eigenvalue weighted by atomic mass is 10.1. The zero-order valence-corrected chi connectivity index (χ0v) is 18.3. The first-order valence-corrected chi connectivity index (χ1v) is 10.4. The Bertz CT molecular complexity index is 1250. The number of nitrogens with one attached hydrogen (secondary N) is 1. The first kappa shape index (κ1) is 21.2. The van der Waals surface area contributed by atoms with Crippen molar-refractivity contribution in [3.63, 3.8) is 0 Å². The second kappa shape index (κ2) is 9.43. The monoisotopic (exact) mass is 427 g/mol. The topological polar surface area (TPSA) is 81.9 Å². The number of hydrogen-bond acceptors (Lipinski definition) is 6. The summed E-state index contributed by atoms with van der Waals surface area (Å²) in [7, 11) is 1.65. The molecule has 2 aromatic heterocycles. The summed E-state index contributed by atoms with van der Waals surface area (Å²) >= 11 is 0. The molecule has 2 aromatic carbocycles. The minimum atomic E-state index is -0.143. The molecule has 0 spiro atoms. The minimum absolute atomic E-state index is 0.0546. The van der Waals surface area contributed by atoms with Gasteiger partial charge in [0.2, 0.25) is 0 Å². The molecule has 0 aliphatic carbocycles. The lowest BCUT2D eigenvalue weighted by Gasteiger charge is -2.13. The van der Waals surface area contributed by atoms with Crippen LogP contribution >= 0.6 is 0 Å². The average molecular weight is 428 g/mol. The molecule has 0 saturated carbocycles. The standard InChI is InChI=1S/C25H25N5O2/c1-17(2)30-23(31)14-13-21(29-30)25-24(19-7-5-4-6-8-19)28-22(16-27-25)26-15-18-9-11-20(32-3)12-10-18/h4-14,16-17H,15H2,1-3H3,(H,26,28). The molecule has 0 unspecified atom stereocenters. The summed E-state index contributed by atoms with van der Waals surface area (Å²) in [6, 6.07) is 20.9. The predicted molar refractivity (Wildman–Crippen MR) is 126 cm³/mol. The molecule has 0 aliphatic heterocycles. The molecule has 7 heteroatoms. The van der Waals surface area contributed by atoms with E-state index in [0.717, 1.165) is 16.9 Å². The molecule has 4 rings (SSSR count). The van der Waals surface area contributed by atoms with Gasteiger partial charge < -0.3 is 10.1 Å². The number of methoxy groups -OCH3 is 1. The fourth-order valence-electron chi connectivity index (χ4n) is 3.32. The number of anilines is 1. The first-order valence-electron chi connectivity index (χ1n) is 10.4. The maximum Gasteiger partial charge on any atom is 0.267 e. The van der Waals surface area contributed by atoms with Gasteiger partial charge in [-0.05, 0) is 37.6 Å². The lowest BCUT2D eigenvalue weighted by Crippen LogP contribution is -2.24. The number of hydrogen-bond donors (Lipinski definition) is 1. The molecular formula is C25H25N5O2. The van der Waals surface area contributed by atoms with E-state index in [2.05, 4.69) is 15.4 Å². The Labute approximate surface area is 186 Å². The summed E-state index contributed by atoms with van der Waals surface area (Å²) in [5.41, 5.74) is 3.81. The SMILES string of the molecule is COc1ccc(CNc2cnc(-c3ccc(=O)n(C(C)C)n3)c(-c3ccccc3)n2)cc1. The van der Waals surface area contributed by atoms with Crippen LogP contribution in [0.2, 0.25) is 0 Å². The molecule has 1 N–H and O–H groups in total. The van der Waals surface area contributed by atoms with Crippen molar-refractivity contribution in [2.75, 3.05) is 12.4 Å². The summed E-state index contributed by atoms with van der Waals surface area (Å²) in [4.78, 5) is 21.7. The number of benzene rings is 2. The van der Waals surface area contributed by atoms with Crippen LogP contribution in [0.3, 0.4) is 0 Å². The Kier molecular flexibility index (Phi) is 6.26. The van der Waals surface area contributed by atoms with Crippen LogP contribution in [0.15, 0.2) is 77.7 Å². The van der Waals surface area contributed by atoms with Gasteiger partial charge in [0, 0.05) is 18.2 Å². The van der Waals surface area contributed by atoms with Gasteiger partial charge in [-0.15, -0.1) is 0 Å². The Hall–Kier alpha value is -4.00. The normalized spacial score (nSPS) is 10.9. The molecule has 0 atom stereocenters. The summed E-state index contributed by atoms with van der Waals surface area (Å²) < 4.78 is 6.67. The van der Waals surface area contributed by atoms with Crippen LogP contribution in [-0.2, 0) is 6.54 Å². The Morgan fingerprint density at radius 2 is 1.72 bits per heavy atom. The molecule has 162 valence electrons. The second-order valence-corrected chi connectivity index (χ2v) is 7.62. The molecule has 0 saturated heterocycles. The van der Waals surface area contributed by atoms with Gasteiger partial charge in [0.25, 0.3) is 5.56 Å². The van der Waals surface area contributed by atoms with E-state index in [-0.39, 0.29) is 11.6 Å². The predicted octanol–water partition coefficient (Wildman–Crippen LogP) is 4.57. The maximum absolute atomic E-state index is 12.2. The highest BCUT2D eigenvalue weighted by atomic mass is 16.5. The van der Waals surface area contributed by atoms with Gasteiger partial charge in [0.05, 0.1) is 19.3 Å². The van der Waals surface area contributed by atoms with E-state index in [0.29, 0.717) is 29.4 Å². The molecule has 2 heterocycles. The zero-order chi connectivity index (χ0) is 22.5. The molecule has 0 bridgehead atoms. The fourth-order valence-corrected chi connectivity index (χ4v) is 3.32. The number of ether oxygens (including phenoxy) is 1. The highest BCUT2D eigenvalue weighted by Crippen LogP contribution is 2.28. The fraction of sp³-hybridized carbons (Fsp3) is 0.200. The quantitative estimate of drug-likeness (QED) is 0.465. The van der Waals surface area contributed by atoms with Crippen molar-refractivity contribution in [2.45, 2.75) is 26.4 Å². The molecule has 4 aromatic rings. The van der Waals surface area contributed by atoms with E-state index in [1.165, 1.54) is 10.7 Å². The number of rotatable bonds is 7. The van der Waals surface area contributed by atoms with Crippen molar-refractivity contribution in [2.24, 2.45) is 0 Å². The van der Waals surface area contributed by atoms with E-state index < -0.39 is 0 Å². The molecule has 32 heavy (non-hydrogen) atoms. The van der Waals surface area contributed by atoms with E-state index in [9.17, 15) is 4.79 Å². The van der Waals surface area contributed by atoms with Crippen molar-refractivity contribution in [3.05, 3.63) is 88.8 Å². The van der Waals surface area contributed by atoms with Crippen LogP contribution in [0, 0.1) is 0 Å². The van der Waals surface area contributed by atoms with Crippen LogP contribution in [0.4, 0.5) is 5.82 Å². The van der Waals surface area contributed by atoms with Gasteiger partial charge in [-0.1, -0.05) is 42.5 Å². The molecule has 0 aliphatic rings. The van der Waals surface area contributed by atoms with Crippen molar-refractivity contribution < 1.29 is 4.74 Å². The first-order chi connectivity index (χ1) is 15.5. The van der Waals surface area contributed by atoms with E-state index >= 15 is 0 Å². The third-order valence-electron chi connectivity index (χ3n) is 5.01. The molecule has 7 nitrogen and oxygen atoms in total. The van der Waals surface area contributed by atoms with Gasteiger partial charge >= 0.3 is 0 Å². The van der Waals surface area contributed by atoms with E-state index in [1.54, 1.807) is 19.4 Å². The Balaban J connectivity index is 1.70. The number of aromatic nitrogens is 4. The van der Waals surface area contributed by atoms with E-state index in [4.69, 9.17) is 9.72 Å². The van der Waals surface area contributed by atoms with Crippen molar-refractivity contribution in [1.82, 2.24) is 19.7 Å². The minimum Gasteiger partial charge on any atom is -0.497 e. The van der Waals surface area contributed by atoms with Gasteiger partial charge in [0.1, 0.15) is 28.6 Å². The summed E-state index contributed by atoms with van der Waals surface area (Å²) in [6.45, 7) is 4.45. The average Bonchev–Trinajstić information content (AvgIpc) is 2.83. The van der Waals surface area contributed by atoms with Gasteiger partial charge in [0.15, 0.2) is 0 Å². The van der Waals surface area contributed by atoms with Crippen molar-refractivity contribution in [1.29, 1.82) is 0 Å². The molecule has 0 radical (unpaired) electrons. The van der Waals surface area contributed by atoms with Gasteiger partial charge in [-0.2, -0.15) is 5.10 Å². The highest BCUT2D eigenvalue weighted by molar-refractivity contribution is 5.76. The van der Waals surface area contributed by atoms with Crippen LogP contribution in [0.1, 0.15) is 25.5 Å². The molecular weight excluding hydrogens is 402 g/mol. The smallest absolute Gasteiger partial charge is 0.267 e. The molecule has 0 fully saturated rings. The van der Waals surface area contributed by atoms with Crippen molar-refractivity contribution in [3.8, 4) is 28.4 Å². The number of nitrogens with zero attached hydrogens (tertiary/aromatic N) is 4. The van der Waals surface area contributed by atoms with E-state index in [1.807, 2.05) is 68.4 Å². The maximum atomic E-state index is 12.2. The zero-order valence-electron chi connectivity index (χ0n) is 18.3.